The van der Waals surface area contributed by atoms with E-state index in [1.807, 2.05) is 27.7 Å². The van der Waals surface area contributed by atoms with Crippen molar-refractivity contribution in [2.75, 3.05) is 6.61 Å². The Morgan fingerprint density at radius 1 is 1.44 bits per heavy atom. The first-order valence-electron chi connectivity index (χ1n) is 5.30. The molecule has 4 nitrogen and oxygen atoms in total. The molecule has 1 aromatic heterocycles. The minimum Gasteiger partial charge on any atom is -0.456 e. The number of nitrogens with zero attached hydrogens (tertiary/aromatic N) is 1. The second-order valence-corrected chi connectivity index (χ2v) is 4.37. The molecule has 0 aromatic carbocycles. The van der Waals surface area contributed by atoms with E-state index in [1.54, 1.807) is 24.5 Å². The molecule has 1 heterocycles. The lowest BCUT2D eigenvalue weighted by Crippen LogP contribution is -2.42. The maximum atomic E-state index is 11.7. The third-order valence-corrected chi connectivity index (χ3v) is 1.69. The Morgan fingerprint density at radius 2 is 2.12 bits per heavy atom. The second-order valence-electron chi connectivity index (χ2n) is 4.37. The van der Waals surface area contributed by atoms with Gasteiger partial charge in [0.2, 0.25) is 12.4 Å². The van der Waals surface area contributed by atoms with Gasteiger partial charge >= 0.3 is 5.97 Å². The van der Waals surface area contributed by atoms with Crippen LogP contribution in [0, 0.1) is 0 Å². The molecule has 4 heteroatoms. The SMILES string of the molecule is CCO[n+]1cccc(C(=O)OC(C)(C)C)c1. The Morgan fingerprint density at radius 3 is 2.69 bits per heavy atom. The van der Waals surface area contributed by atoms with Gasteiger partial charge in [0.15, 0.2) is 6.61 Å². The molecule has 0 saturated heterocycles. The average Bonchev–Trinajstić information content (AvgIpc) is 2.16. The van der Waals surface area contributed by atoms with Gasteiger partial charge in [0, 0.05) is 10.8 Å². The molecular weight excluding hydrogens is 206 g/mol. The normalized spacial score (nSPS) is 11.0. The van der Waals surface area contributed by atoms with Crippen LogP contribution in [0.2, 0.25) is 0 Å². The van der Waals surface area contributed by atoms with Gasteiger partial charge in [-0.25, -0.2) is 4.79 Å². The molecule has 16 heavy (non-hydrogen) atoms. The number of hydrogen-bond acceptors (Lipinski definition) is 3. The van der Waals surface area contributed by atoms with Gasteiger partial charge < -0.3 is 4.74 Å². The van der Waals surface area contributed by atoms with Crippen LogP contribution in [0.5, 0.6) is 0 Å². The summed E-state index contributed by atoms with van der Waals surface area (Å²) in [6.45, 7) is 7.94. The summed E-state index contributed by atoms with van der Waals surface area (Å²) in [6, 6.07) is 3.44. The summed E-state index contributed by atoms with van der Waals surface area (Å²) >= 11 is 0. The molecule has 0 saturated carbocycles. The standard InChI is InChI=1S/C12H18NO3/c1-5-15-13-8-6-7-10(9-13)11(14)16-12(2,3)4/h6-9H,5H2,1-4H3/q+1. The van der Waals surface area contributed by atoms with Crippen LogP contribution >= 0.6 is 0 Å². The van der Waals surface area contributed by atoms with Crippen LogP contribution in [0.1, 0.15) is 38.1 Å². The highest BCUT2D eigenvalue weighted by Crippen LogP contribution is 2.10. The van der Waals surface area contributed by atoms with E-state index in [0.717, 1.165) is 0 Å². The molecule has 0 unspecified atom stereocenters. The van der Waals surface area contributed by atoms with Gasteiger partial charge in [-0.05, 0) is 33.8 Å². The lowest BCUT2D eigenvalue weighted by Gasteiger charge is -2.18. The zero-order valence-corrected chi connectivity index (χ0v) is 10.2. The number of esters is 1. The monoisotopic (exact) mass is 224 g/mol. The van der Waals surface area contributed by atoms with Gasteiger partial charge in [0.05, 0.1) is 0 Å². The summed E-state index contributed by atoms with van der Waals surface area (Å²) in [4.78, 5) is 17.0. The summed E-state index contributed by atoms with van der Waals surface area (Å²) in [6.07, 6.45) is 3.34. The van der Waals surface area contributed by atoms with E-state index in [1.165, 1.54) is 4.73 Å². The van der Waals surface area contributed by atoms with E-state index in [4.69, 9.17) is 9.57 Å². The second kappa shape index (κ2) is 4.96. The average molecular weight is 224 g/mol. The van der Waals surface area contributed by atoms with Crippen LogP contribution < -0.4 is 9.57 Å². The molecular formula is C12H18NO3+. The number of rotatable bonds is 3. The highest BCUT2D eigenvalue weighted by atomic mass is 16.7. The molecule has 0 aliphatic heterocycles. The number of hydrogen-bond donors (Lipinski definition) is 0. The molecule has 0 atom stereocenters. The minimum atomic E-state index is -0.483. The van der Waals surface area contributed by atoms with Crippen molar-refractivity contribution in [2.24, 2.45) is 0 Å². The summed E-state index contributed by atoms with van der Waals surface area (Å²) in [7, 11) is 0. The van der Waals surface area contributed by atoms with E-state index < -0.39 is 5.60 Å². The maximum absolute atomic E-state index is 11.7. The topological polar surface area (TPSA) is 39.4 Å². The van der Waals surface area contributed by atoms with Gasteiger partial charge in [-0.3, -0.25) is 4.84 Å². The summed E-state index contributed by atoms with van der Waals surface area (Å²) in [5, 5.41) is 0. The van der Waals surface area contributed by atoms with E-state index in [-0.39, 0.29) is 5.97 Å². The Bertz CT molecular complexity index is 369. The van der Waals surface area contributed by atoms with Gasteiger partial charge in [0.25, 0.3) is 0 Å². The zero-order valence-electron chi connectivity index (χ0n) is 10.2. The van der Waals surface area contributed by atoms with Gasteiger partial charge in [-0.1, -0.05) is 0 Å². The molecule has 1 aromatic rings. The summed E-state index contributed by atoms with van der Waals surface area (Å²) in [5.41, 5.74) is -0.00511. The van der Waals surface area contributed by atoms with Crippen LogP contribution in [0.3, 0.4) is 0 Å². The molecule has 0 N–H and O–H groups in total. The molecule has 0 fully saturated rings. The first-order valence-corrected chi connectivity index (χ1v) is 5.30. The number of aromatic nitrogens is 1. The van der Waals surface area contributed by atoms with E-state index >= 15 is 0 Å². The van der Waals surface area contributed by atoms with E-state index in [0.29, 0.717) is 12.2 Å². The molecule has 0 spiro atoms. The number of carbonyl (C=O) groups excluding carboxylic acids is 1. The number of carbonyl (C=O) groups is 1. The molecule has 0 bridgehead atoms. The van der Waals surface area contributed by atoms with Crippen molar-refractivity contribution >= 4 is 5.97 Å². The first-order chi connectivity index (χ1) is 7.42. The highest BCUT2D eigenvalue weighted by Gasteiger charge is 2.20. The Labute approximate surface area is 95.8 Å². The predicted molar refractivity (Wildman–Crippen MR) is 58.9 cm³/mol. The van der Waals surface area contributed by atoms with Crippen LogP contribution in [0.4, 0.5) is 0 Å². The van der Waals surface area contributed by atoms with Gasteiger partial charge in [0.1, 0.15) is 11.2 Å². The maximum Gasteiger partial charge on any atom is 0.344 e. The predicted octanol–water partition coefficient (Wildman–Crippen LogP) is 1.38. The van der Waals surface area contributed by atoms with Crippen molar-refractivity contribution in [3.05, 3.63) is 30.1 Å². The third kappa shape index (κ3) is 3.88. The van der Waals surface area contributed by atoms with Crippen LogP contribution in [-0.2, 0) is 4.74 Å². The highest BCUT2D eigenvalue weighted by molar-refractivity contribution is 5.88. The lowest BCUT2D eigenvalue weighted by molar-refractivity contribution is -0.891. The van der Waals surface area contributed by atoms with Crippen LogP contribution in [-0.4, -0.2) is 18.2 Å². The molecule has 88 valence electrons. The molecule has 0 amide bonds. The fourth-order valence-electron chi connectivity index (χ4n) is 1.14. The number of pyridine rings is 1. The lowest BCUT2D eigenvalue weighted by atomic mass is 10.2. The summed E-state index contributed by atoms with van der Waals surface area (Å²) in [5.74, 6) is -0.346. The zero-order chi connectivity index (χ0) is 12.2. The fraction of sp³-hybridized carbons (Fsp3) is 0.500. The quantitative estimate of drug-likeness (QED) is 0.575. The first kappa shape index (κ1) is 12.5. The third-order valence-electron chi connectivity index (χ3n) is 1.69. The molecule has 0 aliphatic carbocycles. The molecule has 0 radical (unpaired) electrons. The minimum absolute atomic E-state index is 0.346. The molecule has 0 aliphatic rings. The van der Waals surface area contributed by atoms with E-state index in [9.17, 15) is 4.79 Å². The van der Waals surface area contributed by atoms with Crippen LogP contribution in [0.25, 0.3) is 0 Å². The van der Waals surface area contributed by atoms with Crippen molar-refractivity contribution in [1.82, 2.24) is 0 Å². The fourth-order valence-corrected chi connectivity index (χ4v) is 1.14. The Kier molecular flexibility index (Phi) is 3.88. The number of ether oxygens (including phenoxy) is 1. The largest absolute Gasteiger partial charge is 0.456 e. The van der Waals surface area contributed by atoms with Gasteiger partial charge in [-0.2, -0.15) is 0 Å². The summed E-state index contributed by atoms with van der Waals surface area (Å²) < 4.78 is 6.75. The van der Waals surface area contributed by atoms with Gasteiger partial charge in [-0.15, -0.1) is 0 Å². The smallest absolute Gasteiger partial charge is 0.344 e. The Balaban J connectivity index is 2.79. The van der Waals surface area contributed by atoms with E-state index in [2.05, 4.69) is 0 Å². The van der Waals surface area contributed by atoms with Crippen molar-refractivity contribution in [2.45, 2.75) is 33.3 Å². The van der Waals surface area contributed by atoms with Crippen molar-refractivity contribution < 1.29 is 19.1 Å². The Hall–Kier alpha value is -1.58. The van der Waals surface area contributed by atoms with Crippen LogP contribution in [0.15, 0.2) is 24.5 Å². The molecule has 1 rings (SSSR count). The van der Waals surface area contributed by atoms with Crippen molar-refractivity contribution in [3.63, 3.8) is 0 Å². The van der Waals surface area contributed by atoms with Crippen molar-refractivity contribution in [1.29, 1.82) is 0 Å². The van der Waals surface area contributed by atoms with Crippen molar-refractivity contribution in [3.8, 4) is 0 Å².